The summed E-state index contributed by atoms with van der Waals surface area (Å²) in [6, 6.07) is 14.8. The quantitative estimate of drug-likeness (QED) is 0.290. The van der Waals surface area contributed by atoms with Crippen LogP contribution in [0.1, 0.15) is 57.4 Å². The van der Waals surface area contributed by atoms with Crippen LogP contribution in [-0.4, -0.2) is 44.9 Å². The van der Waals surface area contributed by atoms with Crippen molar-refractivity contribution in [1.29, 1.82) is 0 Å². The molecule has 2 atom stereocenters. The molecule has 36 heavy (non-hydrogen) atoms. The zero-order valence-corrected chi connectivity index (χ0v) is 21.3. The molecule has 2 fully saturated rings. The Morgan fingerprint density at radius 3 is 2.72 bits per heavy atom. The van der Waals surface area contributed by atoms with Gasteiger partial charge in [0, 0.05) is 30.1 Å². The lowest BCUT2D eigenvalue weighted by Crippen LogP contribution is -2.24. The molecular weight excluding hydrogens is 451 g/mol. The van der Waals surface area contributed by atoms with E-state index in [1.807, 2.05) is 28.8 Å². The third kappa shape index (κ3) is 4.75. The van der Waals surface area contributed by atoms with Crippen molar-refractivity contribution in [2.75, 3.05) is 23.3 Å². The smallest absolute Gasteiger partial charge is 0.160 e. The Morgan fingerprint density at radius 2 is 1.94 bits per heavy atom. The Bertz CT molecular complexity index is 1380. The van der Waals surface area contributed by atoms with Gasteiger partial charge in [0.05, 0.1) is 17.8 Å². The van der Waals surface area contributed by atoms with Gasteiger partial charge in [-0.2, -0.15) is 9.61 Å². The van der Waals surface area contributed by atoms with Crippen molar-refractivity contribution >= 4 is 28.2 Å². The first-order chi connectivity index (χ1) is 17.6. The Balaban J connectivity index is 1.41. The predicted molar refractivity (Wildman–Crippen MR) is 144 cm³/mol. The van der Waals surface area contributed by atoms with Gasteiger partial charge in [-0.25, -0.2) is 14.4 Å². The van der Waals surface area contributed by atoms with Crippen LogP contribution >= 0.6 is 0 Å². The fraction of sp³-hybridized carbons (Fsp3) is 0.483. The summed E-state index contributed by atoms with van der Waals surface area (Å²) in [5.41, 5.74) is 4.48. The second kappa shape index (κ2) is 9.68. The number of benzene rings is 1. The number of para-hydroxylation sites is 1. The van der Waals surface area contributed by atoms with Gasteiger partial charge in [0.1, 0.15) is 23.5 Å². The molecular formula is C29H35FN6. The van der Waals surface area contributed by atoms with Crippen molar-refractivity contribution in [3.8, 4) is 11.4 Å². The molecule has 1 saturated carbocycles. The van der Waals surface area contributed by atoms with Crippen molar-refractivity contribution < 1.29 is 4.39 Å². The molecule has 1 unspecified atom stereocenters. The fourth-order valence-corrected chi connectivity index (χ4v) is 5.44. The highest BCUT2D eigenvalue weighted by Gasteiger charge is 2.26. The Kier molecular flexibility index (Phi) is 6.23. The maximum absolute atomic E-state index is 14.1. The van der Waals surface area contributed by atoms with Crippen LogP contribution in [0.15, 0.2) is 42.5 Å². The Labute approximate surface area is 211 Å². The Hall–Kier alpha value is -3.22. The van der Waals surface area contributed by atoms with Crippen molar-refractivity contribution in [2.45, 2.75) is 71.0 Å². The van der Waals surface area contributed by atoms with E-state index in [4.69, 9.17) is 15.1 Å². The van der Waals surface area contributed by atoms with Gasteiger partial charge >= 0.3 is 0 Å². The van der Waals surface area contributed by atoms with Crippen LogP contribution in [0.5, 0.6) is 0 Å². The van der Waals surface area contributed by atoms with Gasteiger partial charge in [-0.3, -0.25) is 0 Å². The molecule has 1 N–H and O–H groups in total. The number of anilines is 2. The van der Waals surface area contributed by atoms with Gasteiger partial charge in [-0.05, 0) is 56.2 Å². The standard InChI is InChI=1S/C29H35FN6/c1-3-6-23(12-11-20-9-10-20)31-28-17-26(35-14-13-22(30)18-35)33-27-16-25(34-36(27)28)29-19(2)15-21-7-4-5-8-24(21)32-29/h4-5,7-8,15-17,20,22-23,31H,3,6,9-14,18H2,1-2H3/t22-,23?/m1/s1. The highest BCUT2D eigenvalue weighted by atomic mass is 19.1. The van der Waals surface area contributed by atoms with Crippen molar-refractivity contribution in [2.24, 2.45) is 5.92 Å². The summed E-state index contributed by atoms with van der Waals surface area (Å²) in [7, 11) is 0. The third-order valence-corrected chi connectivity index (χ3v) is 7.64. The average Bonchev–Trinajstić information content (AvgIpc) is 3.44. The number of pyridine rings is 1. The second-order valence-corrected chi connectivity index (χ2v) is 10.6. The van der Waals surface area contributed by atoms with Crippen LogP contribution < -0.4 is 10.2 Å². The van der Waals surface area contributed by atoms with Gasteiger partial charge in [-0.1, -0.05) is 44.4 Å². The average molecular weight is 487 g/mol. The largest absolute Gasteiger partial charge is 0.367 e. The van der Waals surface area contributed by atoms with E-state index in [0.29, 0.717) is 25.6 Å². The number of nitrogens with one attached hydrogen (secondary N) is 1. The molecule has 0 radical (unpaired) electrons. The minimum Gasteiger partial charge on any atom is -0.367 e. The van der Waals surface area contributed by atoms with Crippen LogP contribution in [0.2, 0.25) is 0 Å². The van der Waals surface area contributed by atoms with Crippen molar-refractivity contribution in [3.05, 3.63) is 48.0 Å². The number of nitrogens with zero attached hydrogens (tertiary/aromatic N) is 5. The van der Waals surface area contributed by atoms with E-state index >= 15 is 0 Å². The zero-order valence-electron chi connectivity index (χ0n) is 21.3. The van der Waals surface area contributed by atoms with E-state index < -0.39 is 6.17 Å². The summed E-state index contributed by atoms with van der Waals surface area (Å²) < 4.78 is 16.0. The predicted octanol–water partition coefficient (Wildman–Crippen LogP) is 6.57. The minimum atomic E-state index is -0.796. The molecule has 1 aromatic carbocycles. The number of halogens is 1. The lowest BCUT2D eigenvalue weighted by atomic mass is 10.0. The highest BCUT2D eigenvalue weighted by Crippen LogP contribution is 2.35. The van der Waals surface area contributed by atoms with E-state index in [-0.39, 0.29) is 0 Å². The maximum atomic E-state index is 14.1. The van der Waals surface area contributed by atoms with E-state index in [1.165, 1.54) is 19.3 Å². The van der Waals surface area contributed by atoms with Gasteiger partial charge in [0.15, 0.2) is 5.65 Å². The molecule has 4 aromatic rings. The number of alkyl halides is 1. The topological polar surface area (TPSA) is 58.3 Å². The summed E-state index contributed by atoms with van der Waals surface area (Å²) >= 11 is 0. The summed E-state index contributed by atoms with van der Waals surface area (Å²) in [5, 5.41) is 9.92. The van der Waals surface area contributed by atoms with Gasteiger partial charge in [0.25, 0.3) is 0 Å². The molecule has 1 aliphatic heterocycles. The van der Waals surface area contributed by atoms with Gasteiger partial charge < -0.3 is 10.2 Å². The summed E-state index contributed by atoms with van der Waals surface area (Å²) in [6.45, 7) is 5.41. The van der Waals surface area contributed by atoms with E-state index in [0.717, 1.165) is 70.3 Å². The van der Waals surface area contributed by atoms with Crippen molar-refractivity contribution in [1.82, 2.24) is 19.6 Å². The molecule has 1 aliphatic carbocycles. The first kappa shape index (κ1) is 23.2. The molecule has 6 rings (SSSR count). The molecule has 6 nitrogen and oxygen atoms in total. The lowest BCUT2D eigenvalue weighted by Gasteiger charge is -2.22. The van der Waals surface area contributed by atoms with E-state index in [1.54, 1.807) is 0 Å². The summed E-state index contributed by atoms with van der Waals surface area (Å²) in [4.78, 5) is 11.9. The van der Waals surface area contributed by atoms with Crippen LogP contribution in [0.25, 0.3) is 27.9 Å². The molecule has 188 valence electrons. The number of rotatable bonds is 9. The first-order valence-electron chi connectivity index (χ1n) is 13.5. The molecule has 0 bridgehead atoms. The fourth-order valence-electron chi connectivity index (χ4n) is 5.44. The first-order valence-corrected chi connectivity index (χ1v) is 13.5. The number of fused-ring (bicyclic) bond motifs is 2. The van der Waals surface area contributed by atoms with E-state index in [9.17, 15) is 4.39 Å². The molecule has 0 spiro atoms. The van der Waals surface area contributed by atoms with Gasteiger partial charge in [0.2, 0.25) is 0 Å². The van der Waals surface area contributed by atoms with Crippen LogP contribution in [-0.2, 0) is 0 Å². The normalized spacial score (nSPS) is 18.9. The molecule has 2 aliphatic rings. The number of hydrogen-bond acceptors (Lipinski definition) is 5. The van der Waals surface area contributed by atoms with Crippen LogP contribution in [0, 0.1) is 12.8 Å². The van der Waals surface area contributed by atoms with Crippen LogP contribution in [0.3, 0.4) is 0 Å². The highest BCUT2D eigenvalue weighted by molar-refractivity contribution is 5.83. The van der Waals surface area contributed by atoms with E-state index in [2.05, 4.69) is 42.3 Å². The number of aryl methyl sites for hydroxylation is 1. The monoisotopic (exact) mass is 486 g/mol. The minimum absolute atomic E-state index is 0.384. The molecule has 7 heteroatoms. The van der Waals surface area contributed by atoms with Gasteiger partial charge in [-0.15, -0.1) is 0 Å². The van der Waals surface area contributed by atoms with Crippen LogP contribution in [0.4, 0.5) is 16.0 Å². The molecule has 4 heterocycles. The molecule has 3 aromatic heterocycles. The summed E-state index contributed by atoms with van der Waals surface area (Å²) in [5.74, 6) is 2.65. The molecule has 0 amide bonds. The maximum Gasteiger partial charge on any atom is 0.160 e. The SMILES string of the molecule is CCCC(CCC1CC1)Nc1cc(N2CC[C@@H](F)C2)nc2cc(-c3nc4ccccc4cc3C)nn12. The van der Waals surface area contributed by atoms with Crippen molar-refractivity contribution in [3.63, 3.8) is 0 Å². The third-order valence-electron chi connectivity index (χ3n) is 7.64. The summed E-state index contributed by atoms with van der Waals surface area (Å²) in [6.07, 6.45) is 7.19. The lowest BCUT2D eigenvalue weighted by molar-refractivity contribution is 0.364. The Morgan fingerprint density at radius 1 is 1.08 bits per heavy atom. The number of hydrogen-bond donors (Lipinski definition) is 1. The number of aromatic nitrogens is 4. The second-order valence-electron chi connectivity index (χ2n) is 10.6. The molecule has 1 saturated heterocycles. The zero-order chi connectivity index (χ0) is 24.6.